The Kier molecular flexibility index (Phi) is 8.35. The molecule has 2 heteroatoms. The van der Waals surface area contributed by atoms with Gasteiger partial charge < -0.3 is 9.47 Å². The molecule has 0 saturated heterocycles. The Morgan fingerprint density at radius 1 is 0.696 bits per heavy atom. The molecule has 0 heterocycles. The number of aryl methyl sites for hydroxylation is 2. The predicted molar refractivity (Wildman–Crippen MR) is 97.7 cm³/mol. The lowest BCUT2D eigenvalue weighted by Gasteiger charge is -2.16. The summed E-state index contributed by atoms with van der Waals surface area (Å²) >= 11 is 0. The average molecular weight is 319 g/mol. The number of hydrogen-bond acceptors (Lipinski definition) is 2. The summed E-state index contributed by atoms with van der Waals surface area (Å²) in [7, 11) is 0. The molecule has 1 aromatic rings. The van der Waals surface area contributed by atoms with E-state index in [1.54, 1.807) is 0 Å². The average Bonchev–Trinajstić information content (AvgIpc) is 2.72. The summed E-state index contributed by atoms with van der Waals surface area (Å²) in [6.45, 7) is 6.15. The van der Waals surface area contributed by atoms with E-state index in [1.807, 2.05) is 0 Å². The summed E-state index contributed by atoms with van der Waals surface area (Å²) in [4.78, 5) is 0. The van der Waals surface area contributed by atoms with Crippen molar-refractivity contribution in [1.82, 2.24) is 0 Å². The van der Waals surface area contributed by atoms with Gasteiger partial charge in [-0.3, -0.25) is 0 Å². The summed E-state index contributed by atoms with van der Waals surface area (Å²) in [6.07, 6.45) is 13.4. The molecule has 2 aliphatic rings. The van der Waals surface area contributed by atoms with Crippen LogP contribution in [0.5, 0.6) is 11.5 Å². The number of hydrogen-bond donors (Lipinski definition) is 0. The minimum atomic E-state index is 0.844. The summed E-state index contributed by atoms with van der Waals surface area (Å²) in [6, 6.07) is 4.53. The van der Waals surface area contributed by atoms with Gasteiger partial charge in [-0.15, -0.1) is 0 Å². The van der Waals surface area contributed by atoms with Crippen molar-refractivity contribution in [3.8, 4) is 11.5 Å². The van der Waals surface area contributed by atoms with Crippen LogP contribution in [0.3, 0.4) is 0 Å². The molecule has 0 saturated carbocycles. The fourth-order valence-corrected chi connectivity index (χ4v) is 3.18. The highest BCUT2D eigenvalue weighted by atomic mass is 16.5. The molecular weight excluding hydrogens is 284 g/mol. The number of rotatable bonds is 10. The summed E-state index contributed by atoms with van der Waals surface area (Å²) in [5.74, 6) is 2.22. The molecule has 3 rings (SSSR count). The van der Waals surface area contributed by atoms with Crippen LogP contribution in [0.2, 0.25) is 0 Å². The molecule has 1 aromatic carbocycles. The Bertz CT molecular complexity index is 412. The fraction of sp³-hybridized carbons (Fsp3) is 0.714. The van der Waals surface area contributed by atoms with Gasteiger partial charge in [-0.1, -0.05) is 46.0 Å². The van der Waals surface area contributed by atoms with Crippen molar-refractivity contribution < 1.29 is 9.47 Å². The molecule has 0 fully saturated rings. The molecular formula is C21H34O2. The smallest absolute Gasteiger partial charge is 0.123 e. The van der Waals surface area contributed by atoms with Crippen molar-refractivity contribution in [2.45, 2.75) is 84.5 Å². The second kappa shape index (κ2) is 10.6. The Morgan fingerprint density at radius 3 is 1.61 bits per heavy atom. The first-order chi connectivity index (χ1) is 11.3. The van der Waals surface area contributed by atoms with Crippen LogP contribution in [-0.2, 0) is 12.8 Å². The first-order valence-corrected chi connectivity index (χ1v) is 9.76. The standard InChI is InChI=1S/C21H34O2/c1-3-5-10-14-22-20-16-19-13-9-7-8-12-18(20)17-21(19)23-15-11-6-4-2/h16-17H,3-15H2,1-2H3. The maximum atomic E-state index is 6.10. The van der Waals surface area contributed by atoms with Crippen LogP contribution < -0.4 is 9.47 Å². The van der Waals surface area contributed by atoms with E-state index in [1.165, 1.54) is 56.1 Å². The molecule has 0 atom stereocenters. The van der Waals surface area contributed by atoms with Crippen molar-refractivity contribution in [2.75, 3.05) is 13.2 Å². The zero-order valence-corrected chi connectivity index (χ0v) is 15.2. The molecule has 23 heavy (non-hydrogen) atoms. The zero-order chi connectivity index (χ0) is 16.3. The van der Waals surface area contributed by atoms with Gasteiger partial charge in [-0.05, 0) is 61.8 Å². The minimum Gasteiger partial charge on any atom is -0.493 e. The molecule has 0 spiro atoms. The topological polar surface area (TPSA) is 18.5 Å². The molecule has 2 aliphatic carbocycles. The van der Waals surface area contributed by atoms with Gasteiger partial charge in [-0.25, -0.2) is 0 Å². The fourth-order valence-electron chi connectivity index (χ4n) is 3.18. The summed E-state index contributed by atoms with van der Waals surface area (Å²) in [5.41, 5.74) is 2.69. The quantitative estimate of drug-likeness (QED) is 0.486. The third-order valence-corrected chi connectivity index (χ3v) is 4.65. The molecule has 0 radical (unpaired) electrons. The van der Waals surface area contributed by atoms with E-state index >= 15 is 0 Å². The predicted octanol–water partition coefficient (Wildman–Crippen LogP) is 6.09. The maximum absolute atomic E-state index is 6.10. The van der Waals surface area contributed by atoms with Crippen molar-refractivity contribution in [2.24, 2.45) is 0 Å². The Hall–Kier alpha value is -1.18. The lowest BCUT2D eigenvalue weighted by atomic mass is 10.0. The van der Waals surface area contributed by atoms with E-state index in [4.69, 9.17) is 9.47 Å². The van der Waals surface area contributed by atoms with Gasteiger partial charge in [-0.2, -0.15) is 0 Å². The Morgan fingerprint density at radius 2 is 1.17 bits per heavy atom. The van der Waals surface area contributed by atoms with Gasteiger partial charge in [0.05, 0.1) is 13.2 Å². The van der Waals surface area contributed by atoms with Crippen molar-refractivity contribution in [3.05, 3.63) is 23.3 Å². The van der Waals surface area contributed by atoms with Gasteiger partial charge >= 0.3 is 0 Å². The van der Waals surface area contributed by atoms with Crippen LogP contribution >= 0.6 is 0 Å². The normalized spacial score (nSPS) is 14.2. The third kappa shape index (κ3) is 6.08. The van der Waals surface area contributed by atoms with Crippen LogP contribution in [0.15, 0.2) is 12.1 Å². The Balaban J connectivity index is 2.05. The second-order valence-corrected chi connectivity index (χ2v) is 6.74. The van der Waals surface area contributed by atoms with Crippen LogP contribution in [0.1, 0.15) is 82.8 Å². The molecule has 0 aliphatic heterocycles. The molecule has 130 valence electrons. The highest BCUT2D eigenvalue weighted by molar-refractivity contribution is 5.47. The highest BCUT2D eigenvalue weighted by Crippen LogP contribution is 2.33. The van der Waals surface area contributed by atoms with Crippen LogP contribution in [0.25, 0.3) is 0 Å². The van der Waals surface area contributed by atoms with Gasteiger partial charge in [0.15, 0.2) is 0 Å². The summed E-state index contributed by atoms with van der Waals surface area (Å²) < 4.78 is 12.2. The lowest BCUT2D eigenvalue weighted by molar-refractivity contribution is 0.293. The van der Waals surface area contributed by atoms with E-state index in [0.29, 0.717) is 0 Å². The molecule has 2 nitrogen and oxygen atoms in total. The van der Waals surface area contributed by atoms with Crippen LogP contribution in [0, 0.1) is 0 Å². The molecule has 2 bridgehead atoms. The van der Waals surface area contributed by atoms with Crippen molar-refractivity contribution >= 4 is 0 Å². The third-order valence-electron chi connectivity index (χ3n) is 4.65. The van der Waals surface area contributed by atoms with Gasteiger partial charge in [0, 0.05) is 0 Å². The van der Waals surface area contributed by atoms with E-state index in [0.717, 1.165) is 50.4 Å². The SMILES string of the molecule is CCCCCOc1cc2c(OCCCCC)cc1CCCCC2. The first kappa shape index (κ1) is 18.2. The zero-order valence-electron chi connectivity index (χ0n) is 15.2. The second-order valence-electron chi connectivity index (χ2n) is 6.74. The molecule has 0 N–H and O–H groups in total. The Labute approximate surface area is 142 Å². The lowest BCUT2D eigenvalue weighted by Crippen LogP contribution is -2.04. The largest absolute Gasteiger partial charge is 0.493 e. The van der Waals surface area contributed by atoms with Crippen LogP contribution in [0.4, 0.5) is 0 Å². The molecule has 0 aromatic heterocycles. The van der Waals surface area contributed by atoms with Crippen molar-refractivity contribution in [3.63, 3.8) is 0 Å². The number of unbranched alkanes of at least 4 members (excludes halogenated alkanes) is 4. The van der Waals surface area contributed by atoms with E-state index < -0.39 is 0 Å². The number of fused-ring (bicyclic) bond motifs is 6. The van der Waals surface area contributed by atoms with E-state index in [-0.39, 0.29) is 0 Å². The monoisotopic (exact) mass is 318 g/mol. The minimum absolute atomic E-state index is 0.844. The number of benzene rings is 1. The number of ether oxygens (including phenoxy) is 2. The van der Waals surface area contributed by atoms with Gasteiger partial charge in [0.1, 0.15) is 11.5 Å². The van der Waals surface area contributed by atoms with Gasteiger partial charge in [0.2, 0.25) is 0 Å². The van der Waals surface area contributed by atoms with E-state index in [2.05, 4.69) is 26.0 Å². The maximum Gasteiger partial charge on any atom is 0.123 e. The molecule has 0 amide bonds. The molecule has 0 unspecified atom stereocenters. The van der Waals surface area contributed by atoms with Gasteiger partial charge in [0.25, 0.3) is 0 Å². The highest BCUT2D eigenvalue weighted by Gasteiger charge is 2.14. The first-order valence-electron chi connectivity index (χ1n) is 9.76. The van der Waals surface area contributed by atoms with Crippen molar-refractivity contribution in [1.29, 1.82) is 0 Å². The van der Waals surface area contributed by atoms with E-state index in [9.17, 15) is 0 Å². The summed E-state index contributed by atoms with van der Waals surface area (Å²) in [5, 5.41) is 0. The van der Waals surface area contributed by atoms with Crippen LogP contribution in [-0.4, -0.2) is 13.2 Å².